The largest absolute Gasteiger partial charge is 0.381 e. The van der Waals surface area contributed by atoms with E-state index in [1.807, 2.05) is 0 Å². The molecule has 95 valence electrons. The molecule has 3 atom stereocenters. The summed E-state index contributed by atoms with van der Waals surface area (Å²) in [6.07, 6.45) is 4.91. The minimum Gasteiger partial charge on any atom is -0.381 e. The van der Waals surface area contributed by atoms with Crippen LogP contribution in [-0.4, -0.2) is 44.6 Å². The Balaban J connectivity index is 1.51. The summed E-state index contributed by atoms with van der Waals surface area (Å²) in [7, 11) is 0. The molecule has 4 saturated heterocycles. The Hall–Kier alpha value is -0.160. The molecule has 0 bridgehead atoms. The van der Waals surface area contributed by atoms with Crippen LogP contribution in [0.3, 0.4) is 0 Å². The average molecular weight is 237 g/mol. The molecule has 3 unspecified atom stereocenters. The van der Waals surface area contributed by atoms with Crippen LogP contribution in [0.25, 0.3) is 0 Å². The van der Waals surface area contributed by atoms with Crippen molar-refractivity contribution in [2.75, 3.05) is 32.9 Å². The average Bonchev–Trinajstić information content (AvgIpc) is 2.86. The Labute approximate surface area is 102 Å². The Morgan fingerprint density at radius 2 is 2.06 bits per heavy atom. The monoisotopic (exact) mass is 237 g/mol. The molecule has 1 radical (unpaired) electrons. The highest BCUT2D eigenvalue weighted by molar-refractivity contribution is 5.30. The fourth-order valence-electron chi connectivity index (χ4n) is 3.94. The van der Waals surface area contributed by atoms with Crippen molar-refractivity contribution in [3.8, 4) is 0 Å². The topological polar surface area (TPSA) is 42.5 Å². The first kappa shape index (κ1) is 10.7. The lowest BCUT2D eigenvalue weighted by Gasteiger charge is -2.61. The molecule has 4 aliphatic heterocycles. The van der Waals surface area contributed by atoms with Crippen LogP contribution in [0, 0.1) is 11.5 Å². The fraction of sp³-hybridized carbons (Fsp3) is 0.923. The lowest BCUT2D eigenvalue weighted by atomic mass is 9.62. The molecule has 2 N–H and O–H groups in total. The lowest BCUT2D eigenvalue weighted by molar-refractivity contribution is -0.111. The first-order valence-corrected chi connectivity index (χ1v) is 6.91. The summed E-state index contributed by atoms with van der Waals surface area (Å²) in [6, 6.07) is 1.90. The summed E-state index contributed by atoms with van der Waals surface area (Å²) < 4.78 is 11.7. The first-order valence-electron chi connectivity index (χ1n) is 6.91. The van der Waals surface area contributed by atoms with Gasteiger partial charge in [-0.25, -0.2) is 0 Å². The van der Waals surface area contributed by atoms with Crippen LogP contribution in [0.15, 0.2) is 0 Å². The van der Waals surface area contributed by atoms with E-state index in [1.165, 1.54) is 31.7 Å². The quantitative estimate of drug-likeness (QED) is 0.694. The van der Waals surface area contributed by atoms with Crippen LogP contribution >= 0.6 is 0 Å². The van der Waals surface area contributed by atoms with Crippen molar-refractivity contribution < 1.29 is 9.47 Å². The highest BCUT2D eigenvalue weighted by atomic mass is 16.5. The third-order valence-corrected chi connectivity index (χ3v) is 5.07. The van der Waals surface area contributed by atoms with Crippen LogP contribution in [0.1, 0.15) is 25.7 Å². The summed E-state index contributed by atoms with van der Waals surface area (Å²) in [6.45, 7) is 4.92. The number of nitrogens with one attached hydrogen (secondary N) is 2. The van der Waals surface area contributed by atoms with Gasteiger partial charge < -0.3 is 20.1 Å². The van der Waals surface area contributed by atoms with Crippen molar-refractivity contribution in [1.82, 2.24) is 10.6 Å². The normalized spacial score (nSPS) is 50.5. The maximum absolute atomic E-state index is 6.00. The van der Waals surface area contributed by atoms with E-state index in [1.54, 1.807) is 0 Å². The second-order valence-corrected chi connectivity index (χ2v) is 6.05. The Morgan fingerprint density at radius 1 is 1.12 bits per heavy atom. The number of rotatable bonds is 1. The van der Waals surface area contributed by atoms with E-state index in [-0.39, 0.29) is 5.60 Å². The van der Waals surface area contributed by atoms with Gasteiger partial charge in [0.05, 0.1) is 12.6 Å². The molecule has 4 aliphatic rings. The SMILES string of the molecule is C1COC2(C1)CN[C]2C1NCC12CCCOC2. The number of hydrogen-bond donors (Lipinski definition) is 2. The molecular formula is C13H21N2O2. The van der Waals surface area contributed by atoms with Gasteiger partial charge in [-0.15, -0.1) is 0 Å². The van der Waals surface area contributed by atoms with Gasteiger partial charge in [-0.1, -0.05) is 0 Å². The summed E-state index contributed by atoms with van der Waals surface area (Å²) in [5, 5.41) is 7.12. The van der Waals surface area contributed by atoms with Crippen LogP contribution in [0.4, 0.5) is 0 Å². The van der Waals surface area contributed by atoms with E-state index in [2.05, 4.69) is 10.6 Å². The third kappa shape index (κ3) is 1.38. The van der Waals surface area contributed by atoms with E-state index in [9.17, 15) is 0 Å². The highest BCUT2D eigenvalue weighted by Gasteiger charge is 2.62. The van der Waals surface area contributed by atoms with Crippen LogP contribution in [-0.2, 0) is 9.47 Å². The van der Waals surface area contributed by atoms with Crippen LogP contribution in [0.5, 0.6) is 0 Å². The molecule has 0 aromatic heterocycles. The van der Waals surface area contributed by atoms with E-state index >= 15 is 0 Å². The molecular weight excluding hydrogens is 216 g/mol. The highest BCUT2D eigenvalue weighted by Crippen LogP contribution is 2.50. The minimum absolute atomic E-state index is 0.0720. The van der Waals surface area contributed by atoms with Gasteiger partial charge in [0.1, 0.15) is 5.60 Å². The second kappa shape index (κ2) is 3.67. The van der Waals surface area contributed by atoms with Gasteiger partial charge in [-0.2, -0.15) is 0 Å². The number of hydrogen-bond acceptors (Lipinski definition) is 4. The van der Waals surface area contributed by atoms with Gasteiger partial charge in [-0.05, 0) is 25.7 Å². The zero-order valence-corrected chi connectivity index (χ0v) is 10.3. The molecule has 0 aliphatic carbocycles. The van der Waals surface area contributed by atoms with Crippen molar-refractivity contribution in [1.29, 1.82) is 0 Å². The molecule has 0 aromatic carbocycles. The minimum atomic E-state index is 0.0720. The van der Waals surface area contributed by atoms with E-state index in [0.29, 0.717) is 11.5 Å². The predicted molar refractivity (Wildman–Crippen MR) is 63.4 cm³/mol. The number of ether oxygens (including phenoxy) is 2. The van der Waals surface area contributed by atoms with Crippen molar-refractivity contribution >= 4 is 0 Å². The Bertz CT molecular complexity index is 309. The fourth-order valence-corrected chi connectivity index (χ4v) is 3.94. The van der Waals surface area contributed by atoms with Gasteiger partial charge >= 0.3 is 0 Å². The summed E-state index contributed by atoms with van der Waals surface area (Å²) in [5.41, 5.74) is 0.433. The molecule has 4 heterocycles. The van der Waals surface area contributed by atoms with Crippen LogP contribution in [0.2, 0.25) is 0 Å². The maximum Gasteiger partial charge on any atom is 0.102 e. The van der Waals surface area contributed by atoms with Crippen molar-refractivity contribution in [2.24, 2.45) is 5.41 Å². The van der Waals surface area contributed by atoms with E-state index in [0.717, 1.165) is 32.9 Å². The maximum atomic E-state index is 6.00. The standard InChI is InChI=1S/C13H21N2O2/c1-3-12(9-16-5-1)7-14-10(12)11-13(8-15-11)4-2-6-17-13/h10,14-15H,1-9H2. The Kier molecular flexibility index (Phi) is 2.32. The van der Waals surface area contributed by atoms with Crippen LogP contribution < -0.4 is 10.6 Å². The zero-order chi connectivity index (χ0) is 11.3. The molecule has 0 amide bonds. The van der Waals surface area contributed by atoms with E-state index < -0.39 is 0 Å². The van der Waals surface area contributed by atoms with E-state index in [4.69, 9.17) is 9.47 Å². The van der Waals surface area contributed by atoms with Gasteiger partial charge in [0.15, 0.2) is 0 Å². The summed E-state index contributed by atoms with van der Waals surface area (Å²) >= 11 is 0. The molecule has 4 rings (SSSR count). The van der Waals surface area contributed by atoms with Gasteiger partial charge in [0.25, 0.3) is 0 Å². The Morgan fingerprint density at radius 3 is 2.59 bits per heavy atom. The zero-order valence-electron chi connectivity index (χ0n) is 10.3. The molecule has 17 heavy (non-hydrogen) atoms. The van der Waals surface area contributed by atoms with Crippen molar-refractivity contribution in [2.45, 2.75) is 37.3 Å². The molecule has 0 saturated carbocycles. The first-order chi connectivity index (χ1) is 8.35. The lowest BCUT2D eigenvalue weighted by Crippen LogP contribution is -2.78. The van der Waals surface area contributed by atoms with Gasteiger partial charge in [0, 0.05) is 37.8 Å². The summed E-state index contributed by atoms with van der Waals surface area (Å²) in [5.74, 6) is 0. The molecule has 4 nitrogen and oxygen atoms in total. The van der Waals surface area contributed by atoms with Gasteiger partial charge in [0.2, 0.25) is 0 Å². The molecule has 4 fully saturated rings. The summed E-state index contributed by atoms with van der Waals surface area (Å²) in [4.78, 5) is 0. The second-order valence-electron chi connectivity index (χ2n) is 6.05. The smallest absolute Gasteiger partial charge is 0.102 e. The third-order valence-electron chi connectivity index (χ3n) is 5.07. The van der Waals surface area contributed by atoms with Crippen molar-refractivity contribution in [3.05, 3.63) is 6.04 Å². The molecule has 4 heteroatoms. The van der Waals surface area contributed by atoms with Crippen molar-refractivity contribution in [3.63, 3.8) is 0 Å². The predicted octanol–water partition coefficient (Wildman–Crippen LogP) is 0.439. The van der Waals surface area contributed by atoms with Gasteiger partial charge in [-0.3, -0.25) is 0 Å². The molecule has 0 aromatic rings. The molecule has 2 spiro atoms.